The predicted octanol–water partition coefficient (Wildman–Crippen LogP) is 2.11. The second-order valence-corrected chi connectivity index (χ2v) is 5.27. The first-order chi connectivity index (χ1) is 8.69. The summed E-state index contributed by atoms with van der Waals surface area (Å²) < 4.78 is 5.67. The van der Waals surface area contributed by atoms with Crippen LogP contribution in [0, 0.1) is 19.8 Å². The Kier molecular flexibility index (Phi) is 4.78. The van der Waals surface area contributed by atoms with Gasteiger partial charge >= 0.3 is 0 Å². The van der Waals surface area contributed by atoms with Gasteiger partial charge in [0, 0.05) is 6.54 Å². The van der Waals surface area contributed by atoms with Crippen molar-refractivity contribution in [2.75, 3.05) is 26.2 Å². The van der Waals surface area contributed by atoms with E-state index in [-0.39, 0.29) is 0 Å². The highest BCUT2D eigenvalue weighted by molar-refractivity contribution is 5.05. The Bertz CT molecular complexity index is 350. The van der Waals surface area contributed by atoms with Gasteiger partial charge in [-0.3, -0.25) is 4.90 Å². The van der Waals surface area contributed by atoms with Crippen LogP contribution in [0.5, 0.6) is 0 Å². The summed E-state index contributed by atoms with van der Waals surface area (Å²) in [6, 6.07) is 0. The average molecular weight is 251 g/mol. The number of aromatic nitrogens is 1. The van der Waals surface area contributed by atoms with Crippen molar-refractivity contribution in [3.05, 3.63) is 17.3 Å². The van der Waals surface area contributed by atoms with E-state index in [4.69, 9.17) is 4.42 Å². The number of hydrogen-bond acceptors (Lipinski definition) is 4. The van der Waals surface area contributed by atoms with Crippen LogP contribution in [-0.4, -0.2) is 36.1 Å². The van der Waals surface area contributed by atoms with Crippen molar-refractivity contribution in [3.63, 3.8) is 0 Å². The molecule has 0 bridgehead atoms. The van der Waals surface area contributed by atoms with Gasteiger partial charge in [-0.1, -0.05) is 6.92 Å². The lowest BCUT2D eigenvalue weighted by molar-refractivity contribution is 0.191. The van der Waals surface area contributed by atoms with Gasteiger partial charge in [0.15, 0.2) is 0 Å². The number of nitrogens with zero attached hydrogens (tertiary/aromatic N) is 2. The fourth-order valence-corrected chi connectivity index (χ4v) is 2.53. The number of nitrogens with one attached hydrogen (secondary N) is 1. The molecule has 1 aromatic heterocycles. The van der Waals surface area contributed by atoms with Crippen LogP contribution in [0.25, 0.3) is 0 Å². The molecule has 0 atom stereocenters. The van der Waals surface area contributed by atoms with Gasteiger partial charge in [0.2, 0.25) is 5.89 Å². The van der Waals surface area contributed by atoms with Crippen LogP contribution < -0.4 is 5.32 Å². The summed E-state index contributed by atoms with van der Waals surface area (Å²) in [4.78, 5) is 6.92. The summed E-state index contributed by atoms with van der Waals surface area (Å²) in [7, 11) is 0. The lowest BCUT2D eigenvalue weighted by atomic mass is 9.97. The van der Waals surface area contributed by atoms with Crippen LogP contribution in [0.3, 0.4) is 0 Å². The zero-order valence-corrected chi connectivity index (χ0v) is 11.8. The second kappa shape index (κ2) is 6.34. The molecule has 0 spiro atoms. The minimum absolute atomic E-state index is 0.823. The fourth-order valence-electron chi connectivity index (χ4n) is 2.53. The Balaban J connectivity index is 1.88. The van der Waals surface area contributed by atoms with Gasteiger partial charge in [-0.2, -0.15) is 0 Å². The molecular weight excluding hydrogens is 226 g/mol. The molecule has 0 aliphatic carbocycles. The van der Waals surface area contributed by atoms with E-state index in [0.717, 1.165) is 36.4 Å². The summed E-state index contributed by atoms with van der Waals surface area (Å²) in [6.45, 7) is 11.6. The maximum absolute atomic E-state index is 5.67. The third kappa shape index (κ3) is 3.56. The Morgan fingerprint density at radius 1 is 1.33 bits per heavy atom. The highest BCUT2D eigenvalue weighted by Gasteiger charge is 2.17. The minimum Gasteiger partial charge on any atom is -0.444 e. The highest BCUT2D eigenvalue weighted by Crippen LogP contribution is 2.16. The van der Waals surface area contributed by atoms with Gasteiger partial charge in [-0.25, -0.2) is 4.98 Å². The van der Waals surface area contributed by atoms with Crippen molar-refractivity contribution in [3.8, 4) is 0 Å². The minimum atomic E-state index is 0.823. The third-order valence-electron chi connectivity index (χ3n) is 3.85. The van der Waals surface area contributed by atoms with E-state index in [1.165, 1.54) is 32.5 Å². The lowest BCUT2D eigenvalue weighted by Crippen LogP contribution is -2.36. The molecule has 1 aromatic rings. The zero-order chi connectivity index (χ0) is 13.0. The summed E-state index contributed by atoms with van der Waals surface area (Å²) >= 11 is 0. The van der Waals surface area contributed by atoms with Gasteiger partial charge in [-0.05, 0) is 52.2 Å². The Hall–Kier alpha value is -0.870. The van der Waals surface area contributed by atoms with E-state index >= 15 is 0 Å². The van der Waals surface area contributed by atoms with Gasteiger partial charge in [-0.15, -0.1) is 0 Å². The number of hydrogen-bond donors (Lipinski definition) is 1. The van der Waals surface area contributed by atoms with E-state index < -0.39 is 0 Å². The molecule has 2 rings (SSSR count). The predicted molar refractivity (Wildman–Crippen MR) is 72.5 cm³/mol. The SMILES string of the molecule is CCN(Cc1nc(C)c(C)o1)CC1CCNCC1. The third-order valence-corrected chi connectivity index (χ3v) is 3.85. The Morgan fingerprint density at radius 2 is 2.06 bits per heavy atom. The van der Waals surface area contributed by atoms with Gasteiger partial charge in [0.05, 0.1) is 12.2 Å². The van der Waals surface area contributed by atoms with Crippen LogP contribution in [0.1, 0.15) is 37.1 Å². The normalized spacial score (nSPS) is 17.6. The number of oxazole rings is 1. The number of piperidine rings is 1. The lowest BCUT2D eigenvalue weighted by Gasteiger charge is -2.28. The molecule has 1 N–H and O–H groups in total. The molecule has 1 saturated heterocycles. The molecule has 1 aliphatic rings. The smallest absolute Gasteiger partial charge is 0.208 e. The Morgan fingerprint density at radius 3 is 2.61 bits per heavy atom. The van der Waals surface area contributed by atoms with Crippen LogP contribution in [0.2, 0.25) is 0 Å². The molecule has 4 nitrogen and oxygen atoms in total. The van der Waals surface area contributed by atoms with Crippen molar-refractivity contribution in [1.29, 1.82) is 0 Å². The topological polar surface area (TPSA) is 41.3 Å². The molecule has 0 radical (unpaired) electrons. The van der Waals surface area contributed by atoms with Gasteiger partial charge in [0.25, 0.3) is 0 Å². The van der Waals surface area contributed by atoms with Crippen molar-refractivity contribution in [1.82, 2.24) is 15.2 Å². The molecule has 1 fully saturated rings. The summed E-state index contributed by atoms with van der Waals surface area (Å²) in [5.41, 5.74) is 1.02. The van der Waals surface area contributed by atoms with Crippen LogP contribution in [-0.2, 0) is 6.54 Å². The first-order valence-corrected chi connectivity index (χ1v) is 7.05. The van der Waals surface area contributed by atoms with E-state index in [1.54, 1.807) is 0 Å². The molecule has 102 valence electrons. The molecule has 2 heterocycles. The summed E-state index contributed by atoms with van der Waals surface area (Å²) in [5, 5.41) is 3.42. The van der Waals surface area contributed by atoms with Crippen LogP contribution >= 0.6 is 0 Å². The van der Waals surface area contributed by atoms with E-state index in [0.29, 0.717) is 0 Å². The molecule has 18 heavy (non-hydrogen) atoms. The molecule has 0 unspecified atom stereocenters. The van der Waals surface area contributed by atoms with Gasteiger partial charge in [0.1, 0.15) is 5.76 Å². The maximum Gasteiger partial charge on any atom is 0.208 e. The van der Waals surface area contributed by atoms with Crippen molar-refractivity contribution >= 4 is 0 Å². The fraction of sp³-hybridized carbons (Fsp3) is 0.786. The summed E-state index contributed by atoms with van der Waals surface area (Å²) in [6.07, 6.45) is 2.58. The molecule has 0 amide bonds. The molecular formula is C14H25N3O. The van der Waals surface area contributed by atoms with Crippen LogP contribution in [0.4, 0.5) is 0 Å². The van der Waals surface area contributed by atoms with E-state index in [2.05, 4.69) is 22.1 Å². The monoisotopic (exact) mass is 251 g/mol. The van der Waals surface area contributed by atoms with Crippen molar-refractivity contribution in [2.24, 2.45) is 5.92 Å². The van der Waals surface area contributed by atoms with E-state index in [9.17, 15) is 0 Å². The zero-order valence-electron chi connectivity index (χ0n) is 11.8. The molecule has 0 saturated carbocycles. The average Bonchev–Trinajstić information content (AvgIpc) is 2.69. The maximum atomic E-state index is 5.67. The van der Waals surface area contributed by atoms with Crippen LogP contribution in [0.15, 0.2) is 4.42 Å². The quantitative estimate of drug-likeness (QED) is 0.870. The van der Waals surface area contributed by atoms with Gasteiger partial charge < -0.3 is 9.73 Å². The number of rotatable bonds is 5. The largest absolute Gasteiger partial charge is 0.444 e. The first-order valence-electron chi connectivity index (χ1n) is 7.05. The second-order valence-electron chi connectivity index (χ2n) is 5.27. The van der Waals surface area contributed by atoms with Crippen molar-refractivity contribution < 1.29 is 4.42 Å². The standard InChI is InChI=1S/C14H25N3O/c1-4-17(9-13-5-7-15-8-6-13)10-14-16-11(2)12(3)18-14/h13,15H,4-10H2,1-3H3. The summed E-state index contributed by atoms with van der Waals surface area (Å²) in [5.74, 6) is 2.63. The molecule has 4 heteroatoms. The Labute approximate surface area is 110 Å². The molecule has 0 aromatic carbocycles. The number of aryl methyl sites for hydroxylation is 2. The highest BCUT2D eigenvalue weighted by atomic mass is 16.4. The first kappa shape index (κ1) is 13.6. The van der Waals surface area contributed by atoms with Crippen molar-refractivity contribution in [2.45, 2.75) is 40.2 Å². The van der Waals surface area contributed by atoms with E-state index in [1.807, 2.05) is 13.8 Å². The molecule has 1 aliphatic heterocycles.